The van der Waals surface area contributed by atoms with Crippen LogP contribution in [0.5, 0.6) is 0 Å². The van der Waals surface area contributed by atoms with Crippen molar-refractivity contribution in [1.29, 1.82) is 0 Å². The molecule has 3 atom stereocenters. The molecule has 3 nitrogen and oxygen atoms in total. The summed E-state index contributed by atoms with van der Waals surface area (Å²) in [6.07, 6.45) is 5.06. The third kappa shape index (κ3) is 3.57. The van der Waals surface area contributed by atoms with E-state index in [1.165, 1.54) is 12.0 Å². The van der Waals surface area contributed by atoms with E-state index in [9.17, 15) is 9.90 Å². The molecule has 3 heteroatoms. The van der Waals surface area contributed by atoms with Gasteiger partial charge in [0.1, 0.15) is 0 Å². The van der Waals surface area contributed by atoms with Crippen molar-refractivity contribution in [3.05, 3.63) is 35.4 Å². The lowest BCUT2D eigenvalue weighted by atomic mass is 9.82. The summed E-state index contributed by atoms with van der Waals surface area (Å²) in [4.78, 5) is 10.9. The van der Waals surface area contributed by atoms with Gasteiger partial charge in [-0.1, -0.05) is 37.1 Å². The molecule has 0 radical (unpaired) electrons. The highest BCUT2D eigenvalue weighted by molar-refractivity contribution is 5.75. The van der Waals surface area contributed by atoms with Gasteiger partial charge in [-0.15, -0.1) is 0 Å². The van der Waals surface area contributed by atoms with Crippen LogP contribution in [0.3, 0.4) is 0 Å². The summed E-state index contributed by atoms with van der Waals surface area (Å²) in [6, 6.07) is 7.78. The van der Waals surface area contributed by atoms with E-state index in [1.54, 1.807) is 6.92 Å². The minimum absolute atomic E-state index is 0.175. The average molecular weight is 262 g/mol. The molecular weight excluding hydrogens is 240 g/mol. The van der Waals surface area contributed by atoms with Crippen molar-refractivity contribution in [2.75, 3.05) is 0 Å². The second-order valence-corrected chi connectivity index (χ2v) is 5.62. The van der Waals surface area contributed by atoms with Crippen LogP contribution < -0.4 is 0 Å². The third-order valence-corrected chi connectivity index (χ3v) is 4.22. The molecule has 1 aliphatic rings. The lowest BCUT2D eigenvalue weighted by Crippen LogP contribution is -2.26. The van der Waals surface area contributed by atoms with Crippen molar-refractivity contribution in [3.63, 3.8) is 0 Å². The summed E-state index contributed by atoms with van der Waals surface area (Å²) in [6.45, 7) is 1.70. The smallest absolute Gasteiger partial charge is 0.310 e. The molecule has 2 N–H and O–H groups in total. The van der Waals surface area contributed by atoms with Gasteiger partial charge in [-0.05, 0) is 43.2 Å². The number of carboxylic acid groups (broad SMARTS) is 1. The summed E-state index contributed by atoms with van der Waals surface area (Å²) in [5.41, 5.74) is 2.02. The average Bonchev–Trinajstić information content (AvgIpc) is 2.41. The highest BCUT2D eigenvalue weighted by Gasteiger charge is 2.23. The number of carboxylic acids is 1. The van der Waals surface area contributed by atoms with E-state index in [0.29, 0.717) is 5.92 Å². The maximum atomic E-state index is 10.9. The van der Waals surface area contributed by atoms with E-state index in [-0.39, 0.29) is 6.10 Å². The number of aliphatic carboxylic acids is 1. The minimum atomic E-state index is -0.796. The number of hydrogen-bond acceptors (Lipinski definition) is 2. The Morgan fingerprint density at radius 1 is 1.26 bits per heavy atom. The van der Waals surface area contributed by atoms with E-state index in [0.717, 1.165) is 31.2 Å². The Kier molecular flexibility index (Phi) is 4.59. The molecule has 1 aromatic rings. The van der Waals surface area contributed by atoms with Crippen LogP contribution in [0.25, 0.3) is 0 Å². The fourth-order valence-electron chi connectivity index (χ4n) is 2.81. The zero-order chi connectivity index (χ0) is 13.8. The van der Waals surface area contributed by atoms with Crippen LogP contribution >= 0.6 is 0 Å². The molecule has 0 aromatic heterocycles. The summed E-state index contributed by atoms with van der Waals surface area (Å²) in [5.74, 6) is -0.902. The van der Waals surface area contributed by atoms with E-state index in [2.05, 4.69) is 0 Å². The number of aliphatic hydroxyl groups is 1. The number of rotatable bonds is 4. The maximum Gasteiger partial charge on any atom is 0.310 e. The lowest BCUT2D eigenvalue weighted by molar-refractivity contribution is -0.138. The molecule has 1 aromatic carbocycles. The number of aliphatic hydroxyl groups excluding tert-OH is 1. The van der Waals surface area contributed by atoms with E-state index >= 15 is 0 Å². The predicted octanol–water partition coefficient (Wildman–Crippen LogP) is 2.97. The molecule has 2 rings (SSSR count). The van der Waals surface area contributed by atoms with Crippen molar-refractivity contribution in [2.24, 2.45) is 5.92 Å². The van der Waals surface area contributed by atoms with E-state index < -0.39 is 11.9 Å². The van der Waals surface area contributed by atoms with Gasteiger partial charge in [0.15, 0.2) is 0 Å². The monoisotopic (exact) mass is 262 g/mol. The quantitative estimate of drug-likeness (QED) is 0.877. The van der Waals surface area contributed by atoms with Crippen LogP contribution in [0, 0.1) is 5.92 Å². The standard InChI is InChI=1S/C16H22O3/c1-11(16(18)19)13-8-6-12(7-9-13)10-14-4-2-3-5-15(14)17/h6-9,11,14-15,17H,2-5,10H2,1H3,(H,18,19)/t11?,14-,15-/m1/s1. The van der Waals surface area contributed by atoms with Gasteiger partial charge in [-0.2, -0.15) is 0 Å². The second kappa shape index (κ2) is 6.20. The van der Waals surface area contributed by atoms with Crippen molar-refractivity contribution in [2.45, 2.75) is 51.0 Å². The lowest BCUT2D eigenvalue weighted by Gasteiger charge is -2.27. The van der Waals surface area contributed by atoms with Crippen LogP contribution in [0.4, 0.5) is 0 Å². The largest absolute Gasteiger partial charge is 0.481 e. The third-order valence-electron chi connectivity index (χ3n) is 4.22. The van der Waals surface area contributed by atoms with Gasteiger partial charge in [0.05, 0.1) is 12.0 Å². The Morgan fingerprint density at radius 3 is 2.47 bits per heavy atom. The van der Waals surface area contributed by atoms with Crippen LogP contribution in [0.2, 0.25) is 0 Å². The van der Waals surface area contributed by atoms with Crippen LogP contribution in [-0.4, -0.2) is 22.3 Å². The van der Waals surface area contributed by atoms with Gasteiger partial charge in [0, 0.05) is 0 Å². The van der Waals surface area contributed by atoms with Crippen LogP contribution in [0.1, 0.15) is 49.7 Å². The SMILES string of the molecule is CC(C(=O)O)c1ccc(C[C@H]2CCCC[C@H]2O)cc1. The first kappa shape index (κ1) is 14.1. The number of benzene rings is 1. The molecule has 0 amide bonds. The molecule has 0 spiro atoms. The van der Waals surface area contributed by atoms with Crippen molar-refractivity contribution in [3.8, 4) is 0 Å². The number of carbonyl (C=O) groups is 1. The van der Waals surface area contributed by atoms with Gasteiger partial charge < -0.3 is 10.2 Å². The normalized spacial score (nSPS) is 24.9. The first-order valence-electron chi connectivity index (χ1n) is 7.07. The van der Waals surface area contributed by atoms with Gasteiger partial charge in [0.25, 0.3) is 0 Å². The molecule has 1 saturated carbocycles. The summed E-state index contributed by atoms with van der Waals surface area (Å²) < 4.78 is 0. The van der Waals surface area contributed by atoms with Gasteiger partial charge in [-0.25, -0.2) is 0 Å². The molecule has 104 valence electrons. The molecule has 1 unspecified atom stereocenters. The van der Waals surface area contributed by atoms with Crippen molar-refractivity contribution >= 4 is 5.97 Å². The van der Waals surface area contributed by atoms with E-state index in [1.807, 2.05) is 24.3 Å². The molecule has 1 aliphatic carbocycles. The molecule has 1 fully saturated rings. The van der Waals surface area contributed by atoms with Crippen LogP contribution in [0.15, 0.2) is 24.3 Å². The Morgan fingerprint density at radius 2 is 1.89 bits per heavy atom. The Balaban J connectivity index is 2.00. The topological polar surface area (TPSA) is 57.5 Å². The van der Waals surface area contributed by atoms with Crippen molar-refractivity contribution < 1.29 is 15.0 Å². The van der Waals surface area contributed by atoms with Gasteiger partial charge >= 0.3 is 5.97 Å². The zero-order valence-electron chi connectivity index (χ0n) is 11.4. The Hall–Kier alpha value is -1.35. The first-order valence-corrected chi connectivity index (χ1v) is 7.07. The maximum absolute atomic E-state index is 10.9. The highest BCUT2D eigenvalue weighted by Crippen LogP contribution is 2.28. The molecule has 19 heavy (non-hydrogen) atoms. The molecule has 0 aliphatic heterocycles. The predicted molar refractivity (Wildman–Crippen MR) is 74.2 cm³/mol. The Bertz CT molecular complexity index is 424. The molecular formula is C16H22O3. The first-order chi connectivity index (χ1) is 9.08. The second-order valence-electron chi connectivity index (χ2n) is 5.62. The fourth-order valence-corrected chi connectivity index (χ4v) is 2.81. The van der Waals surface area contributed by atoms with Crippen LogP contribution in [-0.2, 0) is 11.2 Å². The van der Waals surface area contributed by atoms with E-state index in [4.69, 9.17) is 5.11 Å². The van der Waals surface area contributed by atoms with Crippen molar-refractivity contribution in [1.82, 2.24) is 0 Å². The van der Waals surface area contributed by atoms with Gasteiger partial charge in [-0.3, -0.25) is 4.79 Å². The molecule has 0 heterocycles. The van der Waals surface area contributed by atoms with Gasteiger partial charge in [0.2, 0.25) is 0 Å². The Labute approximate surface area is 114 Å². The zero-order valence-corrected chi connectivity index (χ0v) is 11.4. The fraction of sp³-hybridized carbons (Fsp3) is 0.562. The number of hydrogen-bond donors (Lipinski definition) is 2. The summed E-state index contributed by atoms with van der Waals surface area (Å²) >= 11 is 0. The highest BCUT2D eigenvalue weighted by atomic mass is 16.4. The molecule has 0 bridgehead atoms. The molecule has 0 saturated heterocycles. The summed E-state index contributed by atoms with van der Waals surface area (Å²) in [7, 11) is 0. The minimum Gasteiger partial charge on any atom is -0.481 e. The summed E-state index contributed by atoms with van der Waals surface area (Å²) in [5, 5.41) is 18.9.